The van der Waals surface area contributed by atoms with Crippen LogP contribution < -0.4 is 5.32 Å². The van der Waals surface area contributed by atoms with Gasteiger partial charge in [0.2, 0.25) is 0 Å². The van der Waals surface area contributed by atoms with Gasteiger partial charge in [-0.2, -0.15) is 5.26 Å². The van der Waals surface area contributed by atoms with Crippen LogP contribution in [0.4, 0.5) is 0 Å². The molecule has 0 aromatic carbocycles. The smallest absolute Gasteiger partial charge is 0.0683 e. The van der Waals surface area contributed by atoms with Crippen LogP contribution in [0.15, 0.2) is 0 Å². The third kappa shape index (κ3) is 10.5. The SMILES string of the molecule is CC(CCS(C)=O)NCCCCC(C)(C)C#N. The van der Waals surface area contributed by atoms with E-state index in [4.69, 9.17) is 5.26 Å². The fourth-order valence-electron chi connectivity index (χ4n) is 1.54. The fraction of sp³-hybridized carbons (Fsp3) is 0.923. The Kier molecular flexibility index (Phi) is 8.45. The quantitative estimate of drug-likeness (QED) is 0.646. The van der Waals surface area contributed by atoms with E-state index in [0.717, 1.165) is 38.0 Å². The lowest BCUT2D eigenvalue weighted by molar-refractivity contribution is 0.416. The van der Waals surface area contributed by atoms with E-state index in [1.165, 1.54) is 0 Å². The molecule has 17 heavy (non-hydrogen) atoms. The summed E-state index contributed by atoms with van der Waals surface area (Å²) in [6.45, 7) is 7.09. The zero-order chi connectivity index (χ0) is 13.3. The molecule has 0 radical (unpaired) electrons. The molecule has 0 fully saturated rings. The van der Waals surface area contributed by atoms with Crippen molar-refractivity contribution in [3.63, 3.8) is 0 Å². The van der Waals surface area contributed by atoms with E-state index in [-0.39, 0.29) is 5.41 Å². The highest BCUT2D eigenvalue weighted by molar-refractivity contribution is 7.84. The highest BCUT2D eigenvalue weighted by Gasteiger charge is 2.15. The van der Waals surface area contributed by atoms with Gasteiger partial charge in [-0.1, -0.05) is 6.42 Å². The number of nitrogens with zero attached hydrogens (tertiary/aromatic N) is 1. The highest BCUT2D eigenvalue weighted by atomic mass is 32.2. The Morgan fingerprint density at radius 1 is 1.41 bits per heavy atom. The molecule has 2 unspecified atom stereocenters. The predicted molar refractivity (Wildman–Crippen MR) is 74.3 cm³/mol. The van der Waals surface area contributed by atoms with E-state index in [1.807, 2.05) is 13.8 Å². The maximum Gasteiger partial charge on any atom is 0.0683 e. The van der Waals surface area contributed by atoms with E-state index in [2.05, 4.69) is 18.3 Å². The van der Waals surface area contributed by atoms with Crippen molar-refractivity contribution in [1.29, 1.82) is 5.26 Å². The van der Waals surface area contributed by atoms with Crippen LogP contribution in [-0.4, -0.2) is 28.8 Å². The monoisotopic (exact) mass is 258 g/mol. The standard InChI is InChI=1S/C13H26N2OS/c1-12(7-10-17(4)16)15-9-6-5-8-13(2,3)11-14/h12,15H,5-10H2,1-4H3. The molecule has 0 saturated carbocycles. The third-order valence-electron chi connectivity index (χ3n) is 2.86. The number of nitriles is 1. The normalized spacial score (nSPS) is 15.2. The molecule has 4 heteroatoms. The second kappa shape index (κ2) is 8.66. The summed E-state index contributed by atoms with van der Waals surface area (Å²) >= 11 is 0. The van der Waals surface area contributed by atoms with Crippen molar-refractivity contribution in [2.75, 3.05) is 18.6 Å². The van der Waals surface area contributed by atoms with Crippen LogP contribution in [0, 0.1) is 16.7 Å². The van der Waals surface area contributed by atoms with Crippen molar-refractivity contribution in [2.45, 2.75) is 52.5 Å². The van der Waals surface area contributed by atoms with Gasteiger partial charge in [-0.25, -0.2) is 0 Å². The van der Waals surface area contributed by atoms with Crippen molar-refractivity contribution in [2.24, 2.45) is 5.41 Å². The summed E-state index contributed by atoms with van der Waals surface area (Å²) in [6.07, 6.45) is 5.85. The molecule has 0 aliphatic heterocycles. The highest BCUT2D eigenvalue weighted by Crippen LogP contribution is 2.21. The Morgan fingerprint density at radius 2 is 2.06 bits per heavy atom. The summed E-state index contributed by atoms with van der Waals surface area (Å²) in [4.78, 5) is 0. The van der Waals surface area contributed by atoms with Crippen molar-refractivity contribution < 1.29 is 4.21 Å². The molecule has 3 nitrogen and oxygen atoms in total. The Morgan fingerprint density at radius 3 is 2.59 bits per heavy atom. The number of hydrogen-bond donors (Lipinski definition) is 1. The van der Waals surface area contributed by atoms with E-state index in [0.29, 0.717) is 6.04 Å². The summed E-state index contributed by atoms with van der Waals surface area (Å²) in [6, 6.07) is 2.75. The average Bonchev–Trinajstić information content (AvgIpc) is 2.25. The molecule has 0 aromatic heterocycles. The molecule has 0 rings (SSSR count). The molecule has 0 spiro atoms. The molecule has 0 aromatic rings. The van der Waals surface area contributed by atoms with Gasteiger partial charge in [0.25, 0.3) is 0 Å². The second-order valence-corrected chi connectivity index (χ2v) is 6.93. The van der Waals surface area contributed by atoms with Crippen LogP contribution in [0.1, 0.15) is 46.5 Å². The molecule has 2 atom stereocenters. The predicted octanol–water partition coefficient (Wildman–Crippen LogP) is 2.45. The number of hydrogen-bond acceptors (Lipinski definition) is 3. The Hall–Kier alpha value is -0.400. The summed E-state index contributed by atoms with van der Waals surface area (Å²) in [5, 5.41) is 12.3. The lowest BCUT2D eigenvalue weighted by atomic mass is 9.89. The molecule has 0 heterocycles. The molecule has 100 valence electrons. The molecular formula is C13H26N2OS. The van der Waals surface area contributed by atoms with Crippen molar-refractivity contribution in [1.82, 2.24) is 5.32 Å². The zero-order valence-electron chi connectivity index (χ0n) is 11.6. The minimum atomic E-state index is -0.684. The summed E-state index contributed by atoms with van der Waals surface area (Å²) in [7, 11) is -0.684. The first-order valence-electron chi connectivity index (χ1n) is 6.32. The first-order valence-corrected chi connectivity index (χ1v) is 8.05. The minimum absolute atomic E-state index is 0.190. The minimum Gasteiger partial charge on any atom is -0.314 e. The summed E-state index contributed by atoms with van der Waals surface area (Å²) in [5.41, 5.74) is -0.190. The van der Waals surface area contributed by atoms with Crippen LogP contribution in [-0.2, 0) is 10.8 Å². The third-order valence-corrected chi connectivity index (χ3v) is 3.67. The van der Waals surface area contributed by atoms with Gasteiger partial charge in [0.1, 0.15) is 0 Å². The summed E-state index contributed by atoms with van der Waals surface area (Å²) < 4.78 is 10.9. The van der Waals surface area contributed by atoms with Crippen LogP contribution >= 0.6 is 0 Å². The molecule has 0 aliphatic carbocycles. The number of nitrogens with one attached hydrogen (secondary N) is 1. The van der Waals surface area contributed by atoms with Crippen LogP contribution in [0.2, 0.25) is 0 Å². The molecule has 1 N–H and O–H groups in total. The van der Waals surface area contributed by atoms with Crippen LogP contribution in [0.25, 0.3) is 0 Å². The molecule has 0 saturated heterocycles. The largest absolute Gasteiger partial charge is 0.314 e. The average molecular weight is 258 g/mol. The van der Waals surface area contributed by atoms with Crippen LogP contribution in [0.3, 0.4) is 0 Å². The van der Waals surface area contributed by atoms with E-state index in [9.17, 15) is 4.21 Å². The topological polar surface area (TPSA) is 52.9 Å². The maximum absolute atomic E-state index is 10.9. The molecule has 0 aliphatic rings. The van der Waals surface area contributed by atoms with Gasteiger partial charge in [0.15, 0.2) is 0 Å². The Bertz CT molecular complexity index is 271. The van der Waals surface area contributed by atoms with Gasteiger partial charge < -0.3 is 5.32 Å². The van der Waals surface area contributed by atoms with Gasteiger partial charge >= 0.3 is 0 Å². The summed E-state index contributed by atoms with van der Waals surface area (Å²) in [5.74, 6) is 0.773. The van der Waals surface area contributed by atoms with Crippen molar-refractivity contribution in [3.8, 4) is 6.07 Å². The van der Waals surface area contributed by atoms with Gasteiger partial charge in [-0.15, -0.1) is 0 Å². The maximum atomic E-state index is 10.9. The zero-order valence-corrected chi connectivity index (χ0v) is 12.4. The Balaban J connectivity index is 3.46. The van der Waals surface area contributed by atoms with Crippen LogP contribution in [0.5, 0.6) is 0 Å². The van der Waals surface area contributed by atoms with Gasteiger partial charge in [0.05, 0.1) is 11.5 Å². The first kappa shape index (κ1) is 16.6. The van der Waals surface area contributed by atoms with E-state index < -0.39 is 10.8 Å². The van der Waals surface area contributed by atoms with Gasteiger partial charge in [-0.3, -0.25) is 4.21 Å². The van der Waals surface area contributed by atoms with Crippen molar-refractivity contribution >= 4 is 10.8 Å². The molecular weight excluding hydrogens is 232 g/mol. The number of unbranched alkanes of at least 4 members (excludes halogenated alkanes) is 1. The second-order valence-electron chi connectivity index (χ2n) is 5.37. The van der Waals surface area contributed by atoms with Gasteiger partial charge in [-0.05, 0) is 46.6 Å². The number of rotatable bonds is 9. The van der Waals surface area contributed by atoms with Crippen molar-refractivity contribution in [3.05, 3.63) is 0 Å². The lowest BCUT2D eigenvalue weighted by Gasteiger charge is -2.16. The molecule has 0 amide bonds. The van der Waals surface area contributed by atoms with E-state index in [1.54, 1.807) is 6.26 Å². The first-order chi connectivity index (χ1) is 7.87. The van der Waals surface area contributed by atoms with Gasteiger partial charge in [0, 0.05) is 28.9 Å². The Labute approximate surface area is 108 Å². The van der Waals surface area contributed by atoms with E-state index >= 15 is 0 Å². The lowest BCUT2D eigenvalue weighted by Crippen LogP contribution is -2.28. The molecule has 0 bridgehead atoms. The fourth-order valence-corrected chi connectivity index (χ4v) is 2.23.